The average molecular weight is 248 g/mol. The third-order valence-corrected chi connectivity index (χ3v) is 3.53. The molecule has 0 aliphatic carbocycles. The molecule has 2 N–H and O–H groups in total. The zero-order chi connectivity index (χ0) is 13.1. The molecule has 0 amide bonds. The molecule has 0 bridgehead atoms. The van der Waals surface area contributed by atoms with Gasteiger partial charge in [0, 0.05) is 36.8 Å². The molecule has 2 rings (SSSR count). The summed E-state index contributed by atoms with van der Waals surface area (Å²) in [6, 6.07) is 2.49. The molecule has 1 saturated heterocycles. The van der Waals surface area contributed by atoms with Gasteiger partial charge in [-0.1, -0.05) is 20.8 Å². The third kappa shape index (κ3) is 2.99. The van der Waals surface area contributed by atoms with E-state index in [0.29, 0.717) is 12.0 Å². The van der Waals surface area contributed by atoms with Crippen LogP contribution in [0.15, 0.2) is 6.07 Å². The molecule has 0 spiro atoms. The van der Waals surface area contributed by atoms with Crippen LogP contribution in [0.1, 0.15) is 51.0 Å². The summed E-state index contributed by atoms with van der Waals surface area (Å²) >= 11 is 0. The van der Waals surface area contributed by atoms with Gasteiger partial charge < -0.3 is 10.6 Å². The molecular weight excluding hydrogens is 224 g/mol. The second-order valence-corrected chi connectivity index (χ2v) is 5.41. The fourth-order valence-electron chi connectivity index (χ4n) is 2.23. The van der Waals surface area contributed by atoms with Crippen molar-refractivity contribution in [3.8, 4) is 0 Å². The van der Waals surface area contributed by atoms with Crippen molar-refractivity contribution in [1.29, 1.82) is 0 Å². The van der Waals surface area contributed by atoms with Crippen molar-refractivity contribution >= 4 is 5.82 Å². The molecule has 1 aromatic heterocycles. The molecule has 1 aliphatic heterocycles. The van der Waals surface area contributed by atoms with Gasteiger partial charge in [-0.05, 0) is 19.3 Å². The maximum absolute atomic E-state index is 5.95. The van der Waals surface area contributed by atoms with Crippen LogP contribution < -0.4 is 10.6 Å². The summed E-state index contributed by atoms with van der Waals surface area (Å²) in [5.74, 6) is 2.42. The Bertz CT molecular complexity index is 395. The van der Waals surface area contributed by atoms with Crippen LogP contribution in [0.2, 0.25) is 0 Å². The maximum Gasteiger partial charge on any atom is 0.133 e. The first-order valence-electron chi connectivity index (χ1n) is 6.98. The normalized spacial score (nSPS) is 17.5. The smallest absolute Gasteiger partial charge is 0.133 e. The standard InChI is InChI=1S/C14H24N4/c1-4-12-9-13(17-14(16-12)10(2)3)18-7-5-11(15)6-8-18/h9-11H,4-8,15H2,1-3H3. The van der Waals surface area contributed by atoms with Gasteiger partial charge in [-0.25, -0.2) is 9.97 Å². The van der Waals surface area contributed by atoms with E-state index in [1.807, 2.05) is 0 Å². The molecule has 0 aromatic carbocycles. The first-order valence-corrected chi connectivity index (χ1v) is 6.98. The van der Waals surface area contributed by atoms with E-state index in [9.17, 15) is 0 Å². The summed E-state index contributed by atoms with van der Waals surface area (Å²) in [5, 5.41) is 0. The first-order chi connectivity index (χ1) is 8.60. The Morgan fingerprint density at radius 1 is 1.33 bits per heavy atom. The highest BCUT2D eigenvalue weighted by atomic mass is 15.2. The van der Waals surface area contributed by atoms with Gasteiger partial charge in [-0.2, -0.15) is 0 Å². The van der Waals surface area contributed by atoms with Gasteiger partial charge in [-0.15, -0.1) is 0 Å². The number of nitrogens with zero attached hydrogens (tertiary/aromatic N) is 3. The van der Waals surface area contributed by atoms with Crippen LogP contribution in [0.3, 0.4) is 0 Å². The third-order valence-electron chi connectivity index (χ3n) is 3.53. The van der Waals surface area contributed by atoms with E-state index in [2.05, 4.69) is 36.7 Å². The van der Waals surface area contributed by atoms with Crippen LogP contribution in [0.5, 0.6) is 0 Å². The van der Waals surface area contributed by atoms with Gasteiger partial charge in [0.25, 0.3) is 0 Å². The van der Waals surface area contributed by atoms with E-state index in [1.165, 1.54) is 0 Å². The SMILES string of the molecule is CCc1cc(N2CCC(N)CC2)nc(C(C)C)n1. The van der Waals surface area contributed by atoms with Crippen molar-refractivity contribution in [3.63, 3.8) is 0 Å². The Morgan fingerprint density at radius 3 is 2.56 bits per heavy atom. The molecule has 1 fully saturated rings. The molecular formula is C14H24N4. The lowest BCUT2D eigenvalue weighted by molar-refractivity contribution is 0.497. The van der Waals surface area contributed by atoms with Crippen molar-refractivity contribution < 1.29 is 0 Å². The first kappa shape index (κ1) is 13.3. The van der Waals surface area contributed by atoms with Gasteiger partial charge in [-0.3, -0.25) is 0 Å². The number of nitrogens with two attached hydrogens (primary N) is 1. The van der Waals surface area contributed by atoms with Gasteiger partial charge >= 0.3 is 0 Å². The molecule has 0 radical (unpaired) electrons. The summed E-state index contributed by atoms with van der Waals surface area (Å²) in [6.07, 6.45) is 3.08. The quantitative estimate of drug-likeness (QED) is 0.890. The highest BCUT2D eigenvalue weighted by molar-refractivity contribution is 5.40. The van der Waals surface area contributed by atoms with Crippen LogP contribution in [-0.2, 0) is 6.42 Å². The molecule has 1 aliphatic rings. The Balaban J connectivity index is 2.23. The topological polar surface area (TPSA) is 55.0 Å². The minimum Gasteiger partial charge on any atom is -0.356 e. The van der Waals surface area contributed by atoms with Gasteiger partial charge in [0.15, 0.2) is 0 Å². The molecule has 18 heavy (non-hydrogen) atoms. The van der Waals surface area contributed by atoms with Crippen molar-refractivity contribution in [1.82, 2.24) is 9.97 Å². The van der Waals surface area contributed by atoms with Crippen molar-refractivity contribution in [2.24, 2.45) is 5.73 Å². The second-order valence-electron chi connectivity index (χ2n) is 5.41. The van der Waals surface area contributed by atoms with Crippen LogP contribution >= 0.6 is 0 Å². The van der Waals surface area contributed by atoms with Crippen molar-refractivity contribution in [2.45, 2.75) is 52.0 Å². The summed E-state index contributed by atoms with van der Waals surface area (Å²) in [4.78, 5) is 11.6. The van der Waals surface area contributed by atoms with Gasteiger partial charge in [0.1, 0.15) is 11.6 Å². The molecule has 0 unspecified atom stereocenters. The molecule has 100 valence electrons. The number of aryl methyl sites for hydroxylation is 1. The zero-order valence-corrected chi connectivity index (χ0v) is 11.7. The highest BCUT2D eigenvalue weighted by Crippen LogP contribution is 2.21. The lowest BCUT2D eigenvalue weighted by Gasteiger charge is -2.31. The Labute approximate surface area is 110 Å². The minimum absolute atomic E-state index is 0.360. The summed E-state index contributed by atoms with van der Waals surface area (Å²) in [5.41, 5.74) is 7.09. The molecule has 0 saturated carbocycles. The van der Waals surface area contributed by atoms with Crippen LogP contribution in [-0.4, -0.2) is 29.1 Å². The number of rotatable bonds is 3. The molecule has 2 heterocycles. The molecule has 4 nitrogen and oxygen atoms in total. The van der Waals surface area contributed by atoms with E-state index in [1.54, 1.807) is 0 Å². The number of hydrogen-bond acceptors (Lipinski definition) is 4. The lowest BCUT2D eigenvalue weighted by atomic mass is 10.1. The van der Waals surface area contributed by atoms with E-state index in [4.69, 9.17) is 10.7 Å². The van der Waals surface area contributed by atoms with Gasteiger partial charge in [0.05, 0.1) is 0 Å². The van der Waals surface area contributed by atoms with E-state index >= 15 is 0 Å². The predicted octanol–water partition coefficient (Wildman–Crippen LogP) is 2.09. The predicted molar refractivity (Wildman–Crippen MR) is 74.9 cm³/mol. The van der Waals surface area contributed by atoms with Crippen molar-refractivity contribution in [3.05, 3.63) is 17.6 Å². The fourth-order valence-corrected chi connectivity index (χ4v) is 2.23. The second kappa shape index (κ2) is 5.65. The van der Waals surface area contributed by atoms with E-state index < -0.39 is 0 Å². The van der Waals surface area contributed by atoms with Crippen LogP contribution in [0.25, 0.3) is 0 Å². The minimum atomic E-state index is 0.360. The number of anilines is 1. The molecule has 1 aromatic rings. The Kier molecular flexibility index (Phi) is 4.17. The van der Waals surface area contributed by atoms with E-state index in [0.717, 1.165) is 49.7 Å². The van der Waals surface area contributed by atoms with E-state index in [-0.39, 0.29) is 0 Å². The number of piperidine rings is 1. The monoisotopic (exact) mass is 248 g/mol. The van der Waals surface area contributed by atoms with Gasteiger partial charge in [0.2, 0.25) is 0 Å². The zero-order valence-electron chi connectivity index (χ0n) is 11.7. The lowest BCUT2D eigenvalue weighted by Crippen LogP contribution is -2.40. The maximum atomic E-state index is 5.95. The summed E-state index contributed by atoms with van der Waals surface area (Å²) in [6.45, 7) is 8.45. The molecule has 4 heteroatoms. The fraction of sp³-hybridized carbons (Fsp3) is 0.714. The number of aromatic nitrogens is 2. The van der Waals surface area contributed by atoms with Crippen LogP contribution in [0, 0.1) is 0 Å². The van der Waals surface area contributed by atoms with Crippen molar-refractivity contribution in [2.75, 3.05) is 18.0 Å². The highest BCUT2D eigenvalue weighted by Gasteiger charge is 2.18. The largest absolute Gasteiger partial charge is 0.356 e. The Hall–Kier alpha value is -1.16. The van der Waals surface area contributed by atoms with Crippen LogP contribution in [0.4, 0.5) is 5.82 Å². The summed E-state index contributed by atoms with van der Waals surface area (Å²) < 4.78 is 0. The Morgan fingerprint density at radius 2 is 2.00 bits per heavy atom. The average Bonchev–Trinajstić information content (AvgIpc) is 2.39. The summed E-state index contributed by atoms with van der Waals surface area (Å²) in [7, 11) is 0. The molecule has 0 atom stereocenters. The number of hydrogen-bond donors (Lipinski definition) is 1.